The molecule has 2 heterocycles. The van der Waals surface area contributed by atoms with Crippen molar-refractivity contribution in [2.24, 2.45) is 0 Å². The number of anilines is 3. The summed E-state index contributed by atoms with van der Waals surface area (Å²) < 4.78 is 55.7. The number of sulfonamides is 1. The summed E-state index contributed by atoms with van der Waals surface area (Å²) in [5, 5.41) is 4.69. The lowest BCUT2D eigenvalue weighted by Crippen LogP contribution is -2.19. The summed E-state index contributed by atoms with van der Waals surface area (Å²) in [5.74, 6) is -3.88. The van der Waals surface area contributed by atoms with Crippen molar-refractivity contribution in [2.45, 2.75) is 11.8 Å². The molecule has 0 bridgehead atoms. The third-order valence-corrected chi connectivity index (χ3v) is 5.18. The average molecular weight is 447 g/mol. The normalized spacial score (nSPS) is 10.9. The predicted octanol–water partition coefficient (Wildman–Crippen LogP) is 2.77. The van der Waals surface area contributed by atoms with Crippen LogP contribution in [0.2, 0.25) is 0 Å². The number of amides is 2. The first-order valence-electron chi connectivity index (χ1n) is 8.63. The zero-order chi connectivity index (χ0) is 22.6. The molecule has 2 amide bonds. The van der Waals surface area contributed by atoms with Gasteiger partial charge in [0.05, 0.1) is 17.6 Å². The Bertz CT molecular complexity index is 1240. The molecule has 12 heteroatoms. The minimum Gasteiger partial charge on any atom is -0.320 e. The van der Waals surface area contributed by atoms with E-state index in [2.05, 4.69) is 20.6 Å². The van der Waals surface area contributed by atoms with Gasteiger partial charge in [0.2, 0.25) is 5.91 Å². The van der Waals surface area contributed by atoms with Crippen LogP contribution in [0.25, 0.3) is 0 Å². The number of halogens is 2. The van der Waals surface area contributed by atoms with Gasteiger partial charge in [-0.2, -0.15) is 0 Å². The summed E-state index contributed by atoms with van der Waals surface area (Å²) in [4.78, 5) is 30.7. The topological polar surface area (TPSA) is 130 Å². The molecule has 0 saturated heterocycles. The SMILES string of the molecule is CC(=O)Nc1ccc(NC(=O)c2c(F)ccc(NS(=O)(=O)c3cccnc3)c2F)cn1. The van der Waals surface area contributed by atoms with Crippen LogP contribution in [0.1, 0.15) is 17.3 Å². The van der Waals surface area contributed by atoms with Crippen LogP contribution < -0.4 is 15.4 Å². The summed E-state index contributed by atoms with van der Waals surface area (Å²) in [6, 6.07) is 6.97. The van der Waals surface area contributed by atoms with E-state index in [1.165, 1.54) is 43.6 Å². The molecular formula is C19H15F2N5O4S. The van der Waals surface area contributed by atoms with Crippen molar-refractivity contribution in [1.29, 1.82) is 0 Å². The molecule has 0 atom stereocenters. The van der Waals surface area contributed by atoms with Crippen molar-refractivity contribution in [3.63, 3.8) is 0 Å². The highest BCUT2D eigenvalue weighted by Crippen LogP contribution is 2.25. The number of carbonyl (C=O) groups excluding carboxylic acids is 2. The second-order valence-corrected chi connectivity index (χ2v) is 7.83. The molecule has 0 aliphatic carbocycles. The number of aromatic nitrogens is 2. The molecule has 3 rings (SSSR count). The molecule has 2 aromatic heterocycles. The minimum atomic E-state index is -4.22. The summed E-state index contributed by atoms with van der Waals surface area (Å²) in [7, 11) is -4.22. The van der Waals surface area contributed by atoms with E-state index in [1.54, 1.807) is 0 Å². The third-order valence-electron chi connectivity index (χ3n) is 3.83. The van der Waals surface area contributed by atoms with E-state index < -0.39 is 38.8 Å². The Balaban J connectivity index is 1.85. The second kappa shape index (κ2) is 8.83. The molecule has 0 saturated carbocycles. The number of benzene rings is 1. The Morgan fingerprint density at radius 2 is 1.77 bits per heavy atom. The number of carbonyl (C=O) groups is 2. The van der Waals surface area contributed by atoms with E-state index in [1.807, 2.05) is 4.72 Å². The van der Waals surface area contributed by atoms with Gasteiger partial charge in [0.15, 0.2) is 5.82 Å². The van der Waals surface area contributed by atoms with Crippen molar-refractivity contribution in [3.8, 4) is 0 Å². The smallest absolute Gasteiger partial charge is 0.263 e. The number of rotatable bonds is 6. The lowest BCUT2D eigenvalue weighted by Gasteiger charge is -2.12. The second-order valence-electron chi connectivity index (χ2n) is 6.15. The molecule has 0 aliphatic heterocycles. The van der Waals surface area contributed by atoms with Crippen LogP contribution in [0, 0.1) is 11.6 Å². The van der Waals surface area contributed by atoms with Gasteiger partial charge in [-0.1, -0.05) is 0 Å². The van der Waals surface area contributed by atoms with Crippen LogP contribution in [-0.2, 0) is 14.8 Å². The van der Waals surface area contributed by atoms with Crippen LogP contribution in [0.3, 0.4) is 0 Å². The van der Waals surface area contributed by atoms with Gasteiger partial charge in [0.1, 0.15) is 22.1 Å². The average Bonchev–Trinajstić information content (AvgIpc) is 2.72. The maximum Gasteiger partial charge on any atom is 0.263 e. The van der Waals surface area contributed by atoms with E-state index in [4.69, 9.17) is 0 Å². The van der Waals surface area contributed by atoms with Crippen molar-refractivity contribution in [1.82, 2.24) is 9.97 Å². The zero-order valence-corrected chi connectivity index (χ0v) is 16.7. The van der Waals surface area contributed by atoms with E-state index in [0.717, 1.165) is 18.3 Å². The molecule has 0 aliphatic rings. The van der Waals surface area contributed by atoms with Crippen molar-refractivity contribution < 1.29 is 26.8 Å². The minimum absolute atomic E-state index is 0.0965. The van der Waals surface area contributed by atoms with E-state index in [9.17, 15) is 26.8 Å². The molecule has 9 nitrogen and oxygen atoms in total. The quantitative estimate of drug-likeness (QED) is 0.533. The first-order valence-corrected chi connectivity index (χ1v) is 10.1. The highest BCUT2D eigenvalue weighted by molar-refractivity contribution is 7.92. The molecule has 0 unspecified atom stereocenters. The number of nitrogens with zero attached hydrogens (tertiary/aromatic N) is 2. The van der Waals surface area contributed by atoms with Crippen molar-refractivity contribution in [3.05, 3.63) is 72.2 Å². The molecule has 0 fully saturated rings. The van der Waals surface area contributed by atoms with Gasteiger partial charge in [-0.15, -0.1) is 0 Å². The fourth-order valence-corrected chi connectivity index (χ4v) is 3.49. The molecule has 1 aromatic carbocycles. The Labute approximate surface area is 175 Å². The maximum absolute atomic E-state index is 14.8. The van der Waals surface area contributed by atoms with Gasteiger partial charge in [0, 0.05) is 19.3 Å². The van der Waals surface area contributed by atoms with Crippen LogP contribution in [0.15, 0.2) is 59.9 Å². The van der Waals surface area contributed by atoms with E-state index >= 15 is 0 Å². The zero-order valence-electron chi connectivity index (χ0n) is 15.9. The number of nitrogens with one attached hydrogen (secondary N) is 3. The van der Waals surface area contributed by atoms with Crippen LogP contribution >= 0.6 is 0 Å². The Morgan fingerprint density at radius 3 is 2.39 bits per heavy atom. The monoisotopic (exact) mass is 447 g/mol. The molecular weight excluding hydrogens is 432 g/mol. The molecule has 160 valence electrons. The number of pyridine rings is 2. The highest BCUT2D eigenvalue weighted by Gasteiger charge is 2.24. The summed E-state index contributed by atoms with van der Waals surface area (Å²) in [6.45, 7) is 1.29. The highest BCUT2D eigenvalue weighted by atomic mass is 32.2. The lowest BCUT2D eigenvalue weighted by molar-refractivity contribution is -0.114. The third kappa shape index (κ3) is 5.17. The molecule has 31 heavy (non-hydrogen) atoms. The number of hydrogen-bond acceptors (Lipinski definition) is 6. The number of hydrogen-bond donors (Lipinski definition) is 3. The van der Waals surface area contributed by atoms with Crippen molar-refractivity contribution in [2.75, 3.05) is 15.4 Å². The molecule has 3 N–H and O–H groups in total. The summed E-state index contributed by atoms with van der Waals surface area (Å²) >= 11 is 0. The van der Waals surface area contributed by atoms with Crippen LogP contribution in [0.5, 0.6) is 0 Å². The van der Waals surface area contributed by atoms with Gasteiger partial charge >= 0.3 is 0 Å². The fraction of sp³-hybridized carbons (Fsp3) is 0.0526. The first-order chi connectivity index (χ1) is 14.7. The molecule has 3 aromatic rings. The fourth-order valence-electron chi connectivity index (χ4n) is 2.46. The Morgan fingerprint density at radius 1 is 1.00 bits per heavy atom. The van der Waals surface area contributed by atoms with E-state index in [-0.39, 0.29) is 22.3 Å². The van der Waals surface area contributed by atoms with Crippen LogP contribution in [0.4, 0.5) is 26.0 Å². The van der Waals surface area contributed by atoms with Gasteiger partial charge < -0.3 is 10.6 Å². The predicted molar refractivity (Wildman–Crippen MR) is 108 cm³/mol. The summed E-state index contributed by atoms with van der Waals surface area (Å²) in [5.41, 5.74) is -1.51. The van der Waals surface area contributed by atoms with Gasteiger partial charge in [0.25, 0.3) is 15.9 Å². The van der Waals surface area contributed by atoms with Crippen molar-refractivity contribution >= 4 is 39.0 Å². The lowest BCUT2D eigenvalue weighted by atomic mass is 10.1. The molecule has 0 spiro atoms. The standard InChI is InChI=1S/C19H15F2N5O4S/c1-11(27)24-16-7-4-12(9-23-16)25-19(28)17-14(20)5-6-15(18(17)21)26-31(29,30)13-3-2-8-22-10-13/h2-10,26H,1H3,(H,25,28)(H,23,24,27). The largest absolute Gasteiger partial charge is 0.320 e. The van der Waals surface area contributed by atoms with Crippen LogP contribution in [-0.4, -0.2) is 30.2 Å². The maximum atomic E-state index is 14.8. The van der Waals surface area contributed by atoms with Gasteiger partial charge in [-0.25, -0.2) is 22.2 Å². The Kier molecular flexibility index (Phi) is 6.20. The van der Waals surface area contributed by atoms with Gasteiger partial charge in [-0.3, -0.25) is 19.3 Å². The Hall–Kier alpha value is -3.93. The van der Waals surface area contributed by atoms with E-state index in [0.29, 0.717) is 0 Å². The molecule has 0 radical (unpaired) electrons. The van der Waals surface area contributed by atoms with Gasteiger partial charge in [-0.05, 0) is 36.4 Å². The summed E-state index contributed by atoms with van der Waals surface area (Å²) in [6.07, 6.45) is 3.58. The first kappa shape index (κ1) is 21.8.